The Balaban J connectivity index is 2.63. The predicted octanol–water partition coefficient (Wildman–Crippen LogP) is 1.70. The minimum atomic E-state index is -0.446. The molecule has 94 valence electrons. The summed E-state index contributed by atoms with van der Waals surface area (Å²) >= 11 is 0. The molecule has 0 spiro atoms. The molecule has 1 aromatic rings. The molecule has 0 saturated carbocycles. The fourth-order valence-electron chi connectivity index (χ4n) is 1.56. The number of hydrogen-bond donors (Lipinski definition) is 0. The molecule has 5 heteroatoms. The summed E-state index contributed by atoms with van der Waals surface area (Å²) in [5.74, 6) is -0.318. The summed E-state index contributed by atoms with van der Waals surface area (Å²) in [6.07, 6.45) is 3.48. The summed E-state index contributed by atoms with van der Waals surface area (Å²) in [5.41, 5.74) is -0.221. The van der Waals surface area contributed by atoms with Crippen molar-refractivity contribution in [2.45, 2.75) is 46.1 Å². The van der Waals surface area contributed by atoms with E-state index in [0.717, 1.165) is 0 Å². The van der Waals surface area contributed by atoms with Crippen LogP contribution in [0.5, 0.6) is 0 Å². The van der Waals surface area contributed by atoms with Gasteiger partial charge in [0.1, 0.15) is 5.78 Å². The SMILES string of the molecule is CCc1nc(=O)n(CCCCC(C)=O)cc1F. The third kappa shape index (κ3) is 4.09. The van der Waals surface area contributed by atoms with Gasteiger partial charge >= 0.3 is 5.69 Å². The summed E-state index contributed by atoms with van der Waals surface area (Å²) < 4.78 is 14.7. The van der Waals surface area contributed by atoms with Crippen LogP contribution in [0.2, 0.25) is 0 Å². The van der Waals surface area contributed by atoms with Gasteiger partial charge in [0.2, 0.25) is 0 Å². The lowest BCUT2D eigenvalue weighted by Crippen LogP contribution is -2.25. The van der Waals surface area contributed by atoms with E-state index < -0.39 is 11.5 Å². The number of carbonyl (C=O) groups excluding carboxylic acids is 1. The third-order valence-corrected chi connectivity index (χ3v) is 2.53. The molecule has 0 amide bonds. The number of ketones is 1. The molecule has 0 aromatic carbocycles. The number of unbranched alkanes of at least 4 members (excludes halogenated alkanes) is 1. The van der Waals surface area contributed by atoms with Crippen molar-refractivity contribution < 1.29 is 9.18 Å². The summed E-state index contributed by atoms with van der Waals surface area (Å²) in [4.78, 5) is 25.9. The molecular weight excluding hydrogens is 223 g/mol. The van der Waals surface area contributed by atoms with Crippen LogP contribution in [0.15, 0.2) is 11.0 Å². The minimum absolute atomic E-state index is 0.128. The summed E-state index contributed by atoms with van der Waals surface area (Å²) in [6, 6.07) is 0. The molecule has 0 aliphatic heterocycles. The Morgan fingerprint density at radius 3 is 2.76 bits per heavy atom. The summed E-state index contributed by atoms with van der Waals surface area (Å²) in [7, 11) is 0. The number of hydrogen-bond acceptors (Lipinski definition) is 3. The molecule has 1 rings (SSSR count). The van der Waals surface area contributed by atoms with Crippen LogP contribution in [0.3, 0.4) is 0 Å². The first-order chi connectivity index (χ1) is 8.04. The average molecular weight is 240 g/mol. The molecule has 4 nitrogen and oxygen atoms in total. The number of halogens is 1. The van der Waals surface area contributed by atoms with Crippen LogP contribution in [-0.2, 0) is 17.8 Å². The van der Waals surface area contributed by atoms with Gasteiger partial charge in [0.05, 0.1) is 5.69 Å². The second kappa shape index (κ2) is 6.27. The van der Waals surface area contributed by atoms with E-state index >= 15 is 0 Å². The van der Waals surface area contributed by atoms with Crippen LogP contribution < -0.4 is 5.69 Å². The van der Waals surface area contributed by atoms with Crippen molar-refractivity contribution in [1.82, 2.24) is 9.55 Å². The van der Waals surface area contributed by atoms with E-state index in [0.29, 0.717) is 32.2 Å². The smallest absolute Gasteiger partial charge is 0.300 e. The van der Waals surface area contributed by atoms with Gasteiger partial charge in [0.25, 0.3) is 0 Å². The molecule has 1 heterocycles. The highest BCUT2D eigenvalue weighted by atomic mass is 19.1. The molecule has 0 aliphatic carbocycles. The van der Waals surface area contributed by atoms with Gasteiger partial charge < -0.3 is 4.79 Å². The first-order valence-electron chi connectivity index (χ1n) is 5.80. The molecule has 0 aliphatic rings. The number of nitrogens with zero attached hydrogens (tertiary/aromatic N) is 2. The average Bonchev–Trinajstić information content (AvgIpc) is 2.28. The van der Waals surface area contributed by atoms with Gasteiger partial charge in [0, 0.05) is 19.2 Å². The Kier molecular flexibility index (Phi) is 5.00. The summed E-state index contributed by atoms with van der Waals surface area (Å²) in [6.45, 7) is 3.69. The lowest BCUT2D eigenvalue weighted by molar-refractivity contribution is -0.117. The van der Waals surface area contributed by atoms with Gasteiger partial charge in [-0.2, -0.15) is 4.98 Å². The summed E-state index contributed by atoms with van der Waals surface area (Å²) in [5, 5.41) is 0. The molecule has 0 unspecified atom stereocenters. The minimum Gasteiger partial charge on any atom is -0.300 e. The fourth-order valence-corrected chi connectivity index (χ4v) is 1.56. The maximum atomic E-state index is 13.4. The maximum absolute atomic E-state index is 13.4. The second-order valence-corrected chi connectivity index (χ2v) is 4.02. The first-order valence-corrected chi connectivity index (χ1v) is 5.80. The Bertz CT molecular complexity index is 454. The van der Waals surface area contributed by atoms with E-state index in [2.05, 4.69) is 4.98 Å². The van der Waals surface area contributed by atoms with Crippen molar-refractivity contribution >= 4 is 5.78 Å². The van der Waals surface area contributed by atoms with E-state index in [1.165, 1.54) is 17.7 Å². The van der Waals surface area contributed by atoms with Crippen molar-refractivity contribution in [2.24, 2.45) is 0 Å². The molecule has 0 saturated heterocycles. The van der Waals surface area contributed by atoms with Crippen molar-refractivity contribution in [3.8, 4) is 0 Å². The van der Waals surface area contributed by atoms with Gasteiger partial charge in [-0.3, -0.25) is 4.57 Å². The lowest BCUT2D eigenvalue weighted by Gasteiger charge is -2.06. The van der Waals surface area contributed by atoms with Crippen LogP contribution >= 0.6 is 0 Å². The number of aromatic nitrogens is 2. The number of carbonyl (C=O) groups is 1. The van der Waals surface area contributed by atoms with Crippen LogP contribution in [0, 0.1) is 5.82 Å². The van der Waals surface area contributed by atoms with Crippen molar-refractivity contribution in [2.75, 3.05) is 0 Å². The van der Waals surface area contributed by atoms with Crippen molar-refractivity contribution in [3.63, 3.8) is 0 Å². The molecule has 1 aromatic heterocycles. The topological polar surface area (TPSA) is 52.0 Å². The van der Waals surface area contributed by atoms with E-state index in [9.17, 15) is 14.0 Å². The maximum Gasteiger partial charge on any atom is 0.347 e. The number of rotatable bonds is 6. The second-order valence-electron chi connectivity index (χ2n) is 4.02. The molecule has 17 heavy (non-hydrogen) atoms. The molecular formula is C12H17FN2O2. The number of aryl methyl sites for hydroxylation is 2. The molecule has 0 bridgehead atoms. The first kappa shape index (κ1) is 13.5. The van der Waals surface area contributed by atoms with Gasteiger partial charge in [-0.25, -0.2) is 9.18 Å². The molecule has 0 N–H and O–H groups in total. The Hall–Kier alpha value is -1.52. The largest absolute Gasteiger partial charge is 0.347 e. The van der Waals surface area contributed by atoms with Crippen molar-refractivity contribution in [1.29, 1.82) is 0 Å². The fraction of sp³-hybridized carbons (Fsp3) is 0.583. The zero-order valence-electron chi connectivity index (χ0n) is 10.2. The Labute approximate surface area is 99.5 Å². The third-order valence-electron chi connectivity index (χ3n) is 2.53. The van der Waals surface area contributed by atoms with E-state index in [4.69, 9.17) is 0 Å². The Morgan fingerprint density at radius 1 is 1.47 bits per heavy atom. The van der Waals surface area contributed by atoms with Crippen LogP contribution in [0.4, 0.5) is 4.39 Å². The predicted molar refractivity (Wildman–Crippen MR) is 62.4 cm³/mol. The van der Waals surface area contributed by atoms with Crippen LogP contribution in [0.25, 0.3) is 0 Å². The van der Waals surface area contributed by atoms with Gasteiger partial charge in [-0.1, -0.05) is 6.92 Å². The van der Waals surface area contributed by atoms with Crippen LogP contribution in [-0.4, -0.2) is 15.3 Å². The van der Waals surface area contributed by atoms with Gasteiger partial charge in [-0.05, 0) is 26.2 Å². The van der Waals surface area contributed by atoms with Crippen LogP contribution in [0.1, 0.15) is 38.8 Å². The zero-order chi connectivity index (χ0) is 12.8. The van der Waals surface area contributed by atoms with E-state index in [1.54, 1.807) is 6.92 Å². The highest BCUT2D eigenvalue weighted by Crippen LogP contribution is 2.03. The van der Waals surface area contributed by atoms with E-state index in [1.807, 2.05) is 0 Å². The molecule has 0 atom stereocenters. The standard InChI is InChI=1S/C12H17FN2O2/c1-3-11-10(13)8-15(12(17)14-11)7-5-4-6-9(2)16/h8H,3-7H2,1-2H3. The van der Waals surface area contributed by atoms with E-state index in [-0.39, 0.29) is 11.5 Å². The van der Waals surface area contributed by atoms with Crippen molar-refractivity contribution in [3.05, 3.63) is 28.2 Å². The molecule has 0 fully saturated rings. The monoisotopic (exact) mass is 240 g/mol. The lowest BCUT2D eigenvalue weighted by atomic mass is 10.2. The van der Waals surface area contributed by atoms with Gasteiger partial charge in [-0.15, -0.1) is 0 Å². The Morgan fingerprint density at radius 2 is 2.18 bits per heavy atom. The zero-order valence-corrected chi connectivity index (χ0v) is 10.2. The highest BCUT2D eigenvalue weighted by Gasteiger charge is 2.06. The molecule has 0 radical (unpaired) electrons. The quantitative estimate of drug-likeness (QED) is 0.711. The normalized spacial score (nSPS) is 10.5. The number of Topliss-reactive ketones (excluding diaryl/α,β-unsaturated/α-hetero) is 1. The highest BCUT2D eigenvalue weighted by molar-refractivity contribution is 5.75. The van der Waals surface area contributed by atoms with Gasteiger partial charge in [0.15, 0.2) is 5.82 Å².